The van der Waals surface area contributed by atoms with Crippen molar-refractivity contribution in [3.05, 3.63) is 39.6 Å². The van der Waals surface area contributed by atoms with Gasteiger partial charge in [-0.1, -0.05) is 20.8 Å². The minimum absolute atomic E-state index is 0.0195. The highest BCUT2D eigenvalue weighted by molar-refractivity contribution is 9.10. The molecule has 0 fully saturated rings. The Balaban J connectivity index is 2.16. The number of amides is 1. The van der Waals surface area contributed by atoms with Crippen LogP contribution >= 0.6 is 27.3 Å². The summed E-state index contributed by atoms with van der Waals surface area (Å²) in [7, 11) is 0. The molecule has 2 aromatic heterocycles. The van der Waals surface area contributed by atoms with E-state index in [-0.39, 0.29) is 11.3 Å². The highest BCUT2D eigenvalue weighted by atomic mass is 79.9. The molecule has 0 atom stereocenters. The molecule has 100 valence electrons. The Labute approximate surface area is 124 Å². The number of hydrogen-bond donors (Lipinski definition) is 1. The molecule has 2 aromatic rings. The average molecular weight is 340 g/mol. The first-order chi connectivity index (χ1) is 8.88. The number of carbonyl (C=O) groups excluding carboxylic acids is 1. The Bertz CT molecular complexity index is 604. The molecule has 1 amide bonds. The first-order valence-electron chi connectivity index (χ1n) is 5.76. The van der Waals surface area contributed by atoms with Gasteiger partial charge in [-0.15, -0.1) is 11.3 Å². The van der Waals surface area contributed by atoms with Crippen molar-refractivity contribution in [1.29, 1.82) is 0 Å². The van der Waals surface area contributed by atoms with Gasteiger partial charge in [-0.2, -0.15) is 0 Å². The molecule has 1 N–H and O–H groups in total. The first-order valence-corrected chi connectivity index (χ1v) is 7.43. The summed E-state index contributed by atoms with van der Waals surface area (Å²) < 4.78 is 0.528. The molecule has 2 rings (SSSR count). The summed E-state index contributed by atoms with van der Waals surface area (Å²) >= 11 is 4.68. The molecule has 2 heterocycles. The fourth-order valence-electron chi connectivity index (χ4n) is 1.40. The lowest BCUT2D eigenvalue weighted by Crippen LogP contribution is -2.14. The normalized spacial score (nSPS) is 11.4. The van der Waals surface area contributed by atoms with E-state index >= 15 is 0 Å². The molecule has 0 unspecified atom stereocenters. The van der Waals surface area contributed by atoms with Crippen LogP contribution in [0.3, 0.4) is 0 Å². The zero-order valence-corrected chi connectivity index (χ0v) is 13.3. The van der Waals surface area contributed by atoms with Crippen LogP contribution in [-0.4, -0.2) is 15.9 Å². The third kappa shape index (κ3) is 3.39. The minimum atomic E-state index is -0.213. The lowest BCUT2D eigenvalue weighted by molar-refractivity contribution is 0.102. The second-order valence-corrected chi connectivity index (χ2v) is 6.69. The van der Waals surface area contributed by atoms with Crippen molar-refractivity contribution in [3.63, 3.8) is 0 Å². The number of nitrogens with one attached hydrogen (secondary N) is 1. The molecule has 0 saturated heterocycles. The Kier molecular flexibility index (Phi) is 4.01. The van der Waals surface area contributed by atoms with Gasteiger partial charge in [0, 0.05) is 17.0 Å². The quantitative estimate of drug-likeness (QED) is 0.845. The third-order valence-electron chi connectivity index (χ3n) is 2.50. The molecule has 0 aliphatic carbocycles. The summed E-state index contributed by atoms with van der Waals surface area (Å²) in [5.74, 6) is -0.213. The SMILES string of the molecule is CC(C)(C)c1csc(NC(=O)c2cccnc2Br)n1. The van der Waals surface area contributed by atoms with Crippen LogP contribution in [-0.2, 0) is 5.41 Å². The summed E-state index contributed by atoms with van der Waals surface area (Å²) in [4.78, 5) is 20.5. The van der Waals surface area contributed by atoms with Crippen molar-refractivity contribution >= 4 is 38.3 Å². The molecule has 0 aromatic carbocycles. The van der Waals surface area contributed by atoms with Crippen LogP contribution in [0.5, 0.6) is 0 Å². The van der Waals surface area contributed by atoms with E-state index in [0.717, 1.165) is 5.69 Å². The average Bonchev–Trinajstić information content (AvgIpc) is 2.77. The van der Waals surface area contributed by atoms with Crippen LogP contribution in [0.25, 0.3) is 0 Å². The molecule has 0 saturated carbocycles. The van der Waals surface area contributed by atoms with Gasteiger partial charge in [0.2, 0.25) is 0 Å². The Hall–Kier alpha value is -1.27. The van der Waals surface area contributed by atoms with Gasteiger partial charge < -0.3 is 0 Å². The van der Waals surface area contributed by atoms with E-state index in [1.165, 1.54) is 11.3 Å². The molecular weight excluding hydrogens is 326 g/mol. The fourth-order valence-corrected chi connectivity index (χ4v) is 2.76. The predicted octanol–water partition coefficient (Wildman–Crippen LogP) is 3.85. The fraction of sp³-hybridized carbons (Fsp3) is 0.308. The van der Waals surface area contributed by atoms with Crippen molar-refractivity contribution in [2.24, 2.45) is 0 Å². The van der Waals surface area contributed by atoms with Gasteiger partial charge >= 0.3 is 0 Å². The summed E-state index contributed by atoms with van der Waals surface area (Å²) in [5, 5.41) is 5.36. The number of carbonyl (C=O) groups is 1. The molecular formula is C13H14BrN3OS. The lowest BCUT2D eigenvalue weighted by Gasteiger charge is -2.14. The van der Waals surface area contributed by atoms with E-state index in [0.29, 0.717) is 15.3 Å². The first kappa shape index (κ1) is 14.1. The van der Waals surface area contributed by atoms with E-state index in [4.69, 9.17) is 0 Å². The van der Waals surface area contributed by atoms with E-state index < -0.39 is 0 Å². The maximum absolute atomic E-state index is 12.1. The number of pyridine rings is 1. The summed E-state index contributed by atoms with van der Waals surface area (Å²) in [6, 6.07) is 3.44. The molecule has 0 aliphatic heterocycles. The molecule has 0 aliphatic rings. The standard InChI is InChI=1S/C13H14BrN3OS/c1-13(2,3)9-7-19-12(16-9)17-11(18)8-5-4-6-15-10(8)14/h4-7H,1-3H3,(H,16,17,18). The summed E-state index contributed by atoms with van der Waals surface area (Å²) in [5.41, 5.74) is 1.45. The number of anilines is 1. The van der Waals surface area contributed by atoms with Crippen molar-refractivity contribution in [2.45, 2.75) is 26.2 Å². The van der Waals surface area contributed by atoms with Gasteiger partial charge in [-0.3, -0.25) is 10.1 Å². The van der Waals surface area contributed by atoms with Gasteiger partial charge in [-0.25, -0.2) is 9.97 Å². The number of rotatable bonds is 2. The third-order valence-corrected chi connectivity index (χ3v) is 3.89. The highest BCUT2D eigenvalue weighted by Crippen LogP contribution is 2.26. The minimum Gasteiger partial charge on any atom is -0.298 e. The summed E-state index contributed by atoms with van der Waals surface area (Å²) in [6.07, 6.45) is 1.63. The predicted molar refractivity (Wildman–Crippen MR) is 80.7 cm³/mol. The van der Waals surface area contributed by atoms with Crippen molar-refractivity contribution < 1.29 is 4.79 Å². The van der Waals surface area contributed by atoms with Gasteiger partial charge in [0.25, 0.3) is 5.91 Å². The second-order valence-electron chi connectivity index (χ2n) is 5.08. The number of aromatic nitrogens is 2. The van der Waals surface area contributed by atoms with Crippen LogP contribution in [0.1, 0.15) is 36.8 Å². The van der Waals surface area contributed by atoms with Gasteiger partial charge in [0.15, 0.2) is 5.13 Å². The number of thiazole rings is 1. The molecule has 19 heavy (non-hydrogen) atoms. The van der Waals surface area contributed by atoms with Crippen LogP contribution in [0.2, 0.25) is 0 Å². The highest BCUT2D eigenvalue weighted by Gasteiger charge is 2.19. The molecule has 0 spiro atoms. The Morgan fingerprint density at radius 3 is 2.74 bits per heavy atom. The molecule has 0 radical (unpaired) electrons. The number of nitrogens with zero attached hydrogens (tertiary/aromatic N) is 2. The second kappa shape index (κ2) is 5.38. The van der Waals surface area contributed by atoms with Crippen molar-refractivity contribution in [2.75, 3.05) is 5.32 Å². The maximum atomic E-state index is 12.1. The van der Waals surface area contributed by atoms with E-state index in [1.807, 2.05) is 5.38 Å². The maximum Gasteiger partial charge on any atom is 0.260 e. The summed E-state index contributed by atoms with van der Waals surface area (Å²) in [6.45, 7) is 6.27. The van der Waals surface area contributed by atoms with Crippen LogP contribution in [0.4, 0.5) is 5.13 Å². The number of hydrogen-bond acceptors (Lipinski definition) is 4. The van der Waals surface area contributed by atoms with E-state index in [2.05, 4.69) is 52.0 Å². The van der Waals surface area contributed by atoms with E-state index in [9.17, 15) is 4.79 Å². The van der Waals surface area contributed by atoms with Crippen LogP contribution in [0, 0.1) is 0 Å². The van der Waals surface area contributed by atoms with Gasteiger partial charge in [0.1, 0.15) is 4.60 Å². The molecule has 6 heteroatoms. The number of halogens is 1. The Morgan fingerprint density at radius 1 is 1.42 bits per heavy atom. The molecule has 4 nitrogen and oxygen atoms in total. The monoisotopic (exact) mass is 339 g/mol. The van der Waals surface area contributed by atoms with Crippen LogP contribution < -0.4 is 5.32 Å². The zero-order valence-electron chi connectivity index (χ0n) is 10.9. The van der Waals surface area contributed by atoms with Crippen LogP contribution in [0.15, 0.2) is 28.3 Å². The zero-order chi connectivity index (χ0) is 14.0. The van der Waals surface area contributed by atoms with E-state index in [1.54, 1.807) is 18.3 Å². The van der Waals surface area contributed by atoms with Crippen molar-refractivity contribution in [1.82, 2.24) is 9.97 Å². The van der Waals surface area contributed by atoms with Crippen molar-refractivity contribution in [3.8, 4) is 0 Å². The smallest absolute Gasteiger partial charge is 0.260 e. The lowest BCUT2D eigenvalue weighted by atomic mass is 9.93. The largest absolute Gasteiger partial charge is 0.298 e. The topological polar surface area (TPSA) is 54.9 Å². The van der Waals surface area contributed by atoms with Gasteiger partial charge in [-0.05, 0) is 28.1 Å². The van der Waals surface area contributed by atoms with Gasteiger partial charge in [0.05, 0.1) is 11.3 Å². The Morgan fingerprint density at radius 2 is 2.16 bits per heavy atom. The molecule has 0 bridgehead atoms.